The number of likely N-dealkylation sites (tertiary alicyclic amines) is 4. The van der Waals surface area contributed by atoms with Crippen LogP contribution in [0.15, 0.2) is 0 Å². The highest BCUT2D eigenvalue weighted by molar-refractivity contribution is 5.19. The fraction of sp³-hybridized carbons (Fsp3) is 1.00. The molecule has 17 fully saturated rings. The summed E-state index contributed by atoms with van der Waals surface area (Å²) in [6.45, 7) is 11.4. The molecule has 0 aromatic rings. The molecule has 0 aromatic heterocycles. The zero-order chi connectivity index (χ0) is 54.6. The average Bonchev–Trinajstić information content (AvgIpc) is 3.15. The molecule has 0 amide bonds. The smallest absolute Gasteiger partial charge is 0.119 e. The van der Waals surface area contributed by atoms with Crippen LogP contribution in [0.2, 0.25) is 0 Å². The number of hydrogen-bond acceptors (Lipinski definition) is 9. The van der Waals surface area contributed by atoms with E-state index in [1.165, 1.54) is 238 Å². The van der Waals surface area contributed by atoms with E-state index in [0.29, 0.717) is 72.0 Å². The van der Waals surface area contributed by atoms with Crippen LogP contribution in [0.25, 0.3) is 0 Å². The Bertz CT molecular complexity index is 2030. The minimum Gasteiger partial charge on any atom is -0.294 e. The lowest BCUT2D eigenvalue weighted by molar-refractivity contribution is -0.181. The summed E-state index contributed by atoms with van der Waals surface area (Å²) < 4.78 is 0. The summed E-state index contributed by atoms with van der Waals surface area (Å²) in [5.41, 5.74) is 0.811. The van der Waals surface area contributed by atoms with E-state index >= 15 is 0 Å². The fourth-order valence-corrected chi connectivity index (χ4v) is 28.0. The molecule has 17 aliphatic rings. The van der Waals surface area contributed by atoms with Gasteiger partial charge in [0.05, 0.1) is 12.3 Å². The predicted molar refractivity (Wildman–Crippen MR) is 333 cm³/mol. The van der Waals surface area contributed by atoms with E-state index in [2.05, 4.69) is 57.1 Å². The number of fused-ring (bicyclic) bond motifs is 12. The molecule has 7 saturated heterocycles. The maximum Gasteiger partial charge on any atom is 0.119 e. The highest BCUT2D eigenvalue weighted by atomic mass is 15.6. The highest BCUT2D eigenvalue weighted by Crippen LogP contribution is 2.62. The zero-order valence-electron chi connectivity index (χ0n) is 53.2. The second kappa shape index (κ2) is 22.2. The summed E-state index contributed by atoms with van der Waals surface area (Å²) in [6, 6.07) is 10.6. The van der Waals surface area contributed by atoms with Gasteiger partial charge in [-0.05, 0) is 206 Å². The van der Waals surface area contributed by atoms with E-state index in [-0.39, 0.29) is 0 Å². The van der Waals surface area contributed by atoms with Crippen LogP contribution in [0.4, 0.5) is 0 Å². The Morgan fingerprint density at radius 3 is 0.927 bits per heavy atom. The number of piperidine rings is 3. The molecule has 9 heteroatoms. The van der Waals surface area contributed by atoms with Crippen LogP contribution in [-0.4, -0.2) is 139 Å². The van der Waals surface area contributed by atoms with Crippen molar-refractivity contribution in [3.05, 3.63) is 0 Å². The predicted octanol–water partition coefficient (Wildman–Crippen LogP) is 14.2. The Kier molecular flexibility index (Phi) is 15.1. The highest BCUT2D eigenvalue weighted by Gasteiger charge is 2.66. The summed E-state index contributed by atoms with van der Waals surface area (Å²) >= 11 is 0. The molecule has 10 aliphatic carbocycles. The molecule has 7 heterocycles. The Hall–Kier alpha value is -0.360. The lowest BCUT2D eigenvalue weighted by atomic mass is 9.54. The molecule has 7 aliphatic heterocycles. The molecule has 0 bridgehead atoms. The van der Waals surface area contributed by atoms with Crippen LogP contribution in [0.5, 0.6) is 0 Å². The van der Waals surface area contributed by atoms with E-state index in [4.69, 9.17) is 16.0 Å². The third kappa shape index (κ3) is 8.87. The number of hydrogen-bond donors (Lipinski definition) is 3. The Balaban J connectivity index is 0.685. The van der Waals surface area contributed by atoms with Crippen molar-refractivity contribution in [1.29, 1.82) is 0 Å². The van der Waals surface area contributed by atoms with Crippen molar-refractivity contribution in [2.24, 2.45) is 58.2 Å². The standard InChI is InChI=1S/C73H123N9/c1-72(2)54-31-15-21-37-62(54)81(64-41-39-48(43-56(64)72)77-58-33-17-11-27-50(58)51-28-12-18-34-59(51)77)70-75-68-66(79(70)46-23-7-5-8-24-46)45-67-69(74-68)76-71(80(67)47-25-9-6-10-26-47)82-63-38-22-16-32-55(63)73(3,4)57-44-49(40-42-65(57)82)78-60-35-19-13-29-52(60)53-30-14-20-36-61(53)78/h46-71,74-76H,5-45H2,1-4H3. The van der Waals surface area contributed by atoms with E-state index in [9.17, 15) is 0 Å². The molecule has 10 saturated carbocycles. The summed E-state index contributed by atoms with van der Waals surface area (Å²) in [7, 11) is 0. The number of rotatable bonds is 6. The molecule has 0 spiro atoms. The molecule has 17 rings (SSSR count). The maximum absolute atomic E-state index is 4.77. The topological polar surface area (TPSA) is 55.5 Å². The van der Waals surface area contributed by atoms with Gasteiger partial charge in [0.1, 0.15) is 12.6 Å². The van der Waals surface area contributed by atoms with Gasteiger partial charge in [-0.1, -0.05) is 143 Å². The van der Waals surface area contributed by atoms with Crippen LogP contribution in [-0.2, 0) is 0 Å². The fourth-order valence-electron chi connectivity index (χ4n) is 28.0. The van der Waals surface area contributed by atoms with Gasteiger partial charge in [0, 0.05) is 84.6 Å². The van der Waals surface area contributed by atoms with Gasteiger partial charge in [0.2, 0.25) is 0 Å². The van der Waals surface area contributed by atoms with Crippen LogP contribution in [0.3, 0.4) is 0 Å². The third-order valence-corrected chi connectivity index (χ3v) is 31.1. The third-order valence-electron chi connectivity index (χ3n) is 31.1. The Labute approximate surface area is 501 Å². The van der Waals surface area contributed by atoms with Gasteiger partial charge in [0.15, 0.2) is 0 Å². The molecule has 460 valence electrons. The monoisotopic (exact) mass is 1130 g/mol. The molecule has 82 heavy (non-hydrogen) atoms. The molecule has 0 radical (unpaired) electrons. The first-order chi connectivity index (χ1) is 40.2. The van der Waals surface area contributed by atoms with Crippen LogP contribution < -0.4 is 16.0 Å². The molecular weight excluding hydrogens is 1000 g/mol. The molecule has 9 nitrogen and oxygen atoms in total. The van der Waals surface area contributed by atoms with Crippen molar-refractivity contribution in [2.75, 3.05) is 0 Å². The Morgan fingerprint density at radius 1 is 0.232 bits per heavy atom. The first kappa shape index (κ1) is 55.7. The first-order valence-electron chi connectivity index (χ1n) is 38.1. The SMILES string of the molecule is CC1(C)C2CCCCC2N(C2NC3NC4NC(N5C6CCCCC6C(C)(C)C6CC(N7C8CCCCC8C8CCCCC87)CCC65)N(C5CCCCC5)C4CC3N2C2CCCCC2)C2CCC(N3C4CCCCC4C4CCCCC43)CC21. The minimum atomic E-state index is 0.356. The quantitative estimate of drug-likeness (QED) is 0.241. The summed E-state index contributed by atoms with van der Waals surface area (Å²) in [4.78, 5) is 20.1. The number of nitrogens with one attached hydrogen (secondary N) is 3. The maximum atomic E-state index is 4.77. The van der Waals surface area contributed by atoms with Crippen LogP contribution in [0.1, 0.15) is 291 Å². The normalized spacial score (nSPS) is 52.2. The lowest BCUT2D eigenvalue weighted by Crippen LogP contribution is -2.72. The van der Waals surface area contributed by atoms with Crippen molar-refractivity contribution in [1.82, 2.24) is 45.3 Å². The van der Waals surface area contributed by atoms with Crippen molar-refractivity contribution in [2.45, 2.75) is 400 Å². The summed E-state index contributed by atoms with van der Waals surface area (Å²) in [6.07, 6.45) is 61.7. The average molecular weight is 1130 g/mol. The number of nitrogens with zero attached hydrogens (tertiary/aromatic N) is 6. The van der Waals surface area contributed by atoms with Gasteiger partial charge in [-0.25, -0.2) is 0 Å². The van der Waals surface area contributed by atoms with Gasteiger partial charge in [0.25, 0.3) is 0 Å². The lowest BCUT2D eigenvalue weighted by Gasteiger charge is -2.65. The van der Waals surface area contributed by atoms with Crippen molar-refractivity contribution in [3.8, 4) is 0 Å². The second-order valence-electron chi connectivity index (χ2n) is 34.7. The van der Waals surface area contributed by atoms with Gasteiger partial charge >= 0.3 is 0 Å². The van der Waals surface area contributed by atoms with Crippen LogP contribution in [0, 0.1) is 58.2 Å². The van der Waals surface area contributed by atoms with E-state index in [0.717, 1.165) is 95.7 Å². The summed E-state index contributed by atoms with van der Waals surface area (Å²) in [5, 5.41) is 14.2. The van der Waals surface area contributed by atoms with Crippen LogP contribution >= 0.6 is 0 Å². The largest absolute Gasteiger partial charge is 0.294 e. The molecule has 0 aromatic carbocycles. The van der Waals surface area contributed by atoms with E-state index < -0.39 is 0 Å². The van der Waals surface area contributed by atoms with E-state index in [1.807, 2.05) is 0 Å². The summed E-state index contributed by atoms with van der Waals surface area (Å²) in [5.74, 6) is 7.28. The van der Waals surface area contributed by atoms with E-state index in [1.54, 1.807) is 25.7 Å². The molecular formula is C73H123N9. The van der Waals surface area contributed by atoms with Gasteiger partial charge in [-0.15, -0.1) is 0 Å². The van der Waals surface area contributed by atoms with Gasteiger partial charge in [-0.3, -0.25) is 45.3 Å². The zero-order valence-corrected chi connectivity index (χ0v) is 53.2. The molecule has 3 N–H and O–H groups in total. The Morgan fingerprint density at radius 2 is 0.549 bits per heavy atom. The molecule has 24 atom stereocenters. The molecule has 24 unspecified atom stereocenters. The second-order valence-corrected chi connectivity index (χ2v) is 34.7. The minimum absolute atomic E-state index is 0.356. The first-order valence-corrected chi connectivity index (χ1v) is 38.1. The van der Waals surface area contributed by atoms with Gasteiger partial charge in [-0.2, -0.15) is 0 Å². The van der Waals surface area contributed by atoms with Crippen molar-refractivity contribution in [3.63, 3.8) is 0 Å². The van der Waals surface area contributed by atoms with Gasteiger partial charge < -0.3 is 0 Å². The van der Waals surface area contributed by atoms with Crippen molar-refractivity contribution >= 4 is 0 Å². The van der Waals surface area contributed by atoms with Crippen molar-refractivity contribution < 1.29 is 0 Å².